The third kappa shape index (κ3) is 5.08. The summed E-state index contributed by atoms with van der Waals surface area (Å²) in [6, 6.07) is 14.8. The standard InChI is InChI=1S/C21H25N3O3/c1-27-19-10-8-18(9-11-19)23-21(26)16-6-4-15(5-7-16)13-24-12-2-3-17(14-24)20(22)25/h4-11,17H,2-3,12-14H2,1H3,(H2,22,25)(H,23,26). The summed E-state index contributed by atoms with van der Waals surface area (Å²) in [5.41, 5.74) is 7.87. The quantitative estimate of drug-likeness (QED) is 0.822. The number of amides is 2. The average molecular weight is 367 g/mol. The van der Waals surface area contributed by atoms with Crippen LogP contribution in [0.5, 0.6) is 5.75 Å². The van der Waals surface area contributed by atoms with Gasteiger partial charge in [-0.3, -0.25) is 14.5 Å². The summed E-state index contributed by atoms with van der Waals surface area (Å²) < 4.78 is 5.11. The highest BCUT2D eigenvalue weighted by atomic mass is 16.5. The number of piperidine rings is 1. The fraction of sp³-hybridized carbons (Fsp3) is 0.333. The van der Waals surface area contributed by atoms with E-state index in [0.717, 1.165) is 42.9 Å². The van der Waals surface area contributed by atoms with E-state index >= 15 is 0 Å². The van der Waals surface area contributed by atoms with E-state index in [4.69, 9.17) is 10.5 Å². The molecule has 0 bridgehead atoms. The normalized spacial score (nSPS) is 17.3. The summed E-state index contributed by atoms with van der Waals surface area (Å²) in [6.07, 6.45) is 1.85. The second-order valence-electron chi connectivity index (χ2n) is 6.86. The Morgan fingerprint density at radius 3 is 2.48 bits per heavy atom. The largest absolute Gasteiger partial charge is 0.497 e. The van der Waals surface area contributed by atoms with Crippen molar-refractivity contribution in [3.05, 3.63) is 59.7 Å². The van der Waals surface area contributed by atoms with E-state index in [2.05, 4.69) is 10.2 Å². The lowest BCUT2D eigenvalue weighted by Gasteiger charge is -2.31. The van der Waals surface area contributed by atoms with Gasteiger partial charge in [0.2, 0.25) is 5.91 Å². The van der Waals surface area contributed by atoms with Crippen molar-refractivity contribution in [1.82, 2.24) is 4.90 Å². The number of hydrogen-bond donors (Lipinski definition) is 2. The Kier molecular flexibility index (Phi) is 6.08. The number of nitrogens with one attached hydrogen (secondary N) is 1. The third-order valence-corrected chi connectivity index (χ3v) is 4.88. The van der Waals surface area contributed by atoms with Crippen LogP contribution >= 0.6 is 0 Å². The Labute approximate surface area is 159 Å². The van der Waals surface area contributed by atoms with Crippen molar-refractivity contribution in [3.63, 3.8) is 0 Å². The first-order valence-corrected chi connectivity index (χ1v) is 9.11. The number of anilines is 1. The van der Waals surface area contributed by atoms with Gasteiger partial charge >= 0.3 is 0 Å². The fourth-order valence-corrected chi connectivity index (χ4v) is 3.33. The number of carbonyl (C=O) groups excluding carboxylic acids is 2. The van der Waals surface area contributed by atoms with E-state index in [0.29, 0.717) is 12.1 Å². The van der Waals surface area contributed by atoms with Crippen molar-refractivity contribution in [2.24, 2.45) is 11.7 Å². The monoisotopic (exact) mass is 367 g/mol. The first-order chi connectivity index (χ1) is 13.0. The van der Waals surface area contributed by atoms with Gasteiger partial charge in [-0.15, -0.1) is 0 Å². The molecule has 6 nitrogen and oxygen atoms in total. The van der Waals surface area contributed by atoms with E-state index in [1.165, 1.54) is 0 Å². The third-order valence-electron chi connectivity index (χ3n) is 4.88. The van der Waals surface area contributed by atoms with Gasteiger partial charge < -0.3 is 15.8 Å². The number of primary amides is 1. The summed E-state index contributed by atoms with van der Waals surface area (Å²) in [5.74, 6) is 0.311. The summed E-state index contributed by atoms with van der Waals surface area (Å²) in [6.45, 7) is 2.42. The van der Waals surface area contributed by atoms with E-state index in [1.807, 2.05) is 24.3 Å². The Balaban J connectivity index is 1.57. The highest BCUT2D eigenvalue weighted by Crippen LogP contribution is 2.19. The zero-order chi connectivity index (χ0) is 19.2. The number of nitrogens with zero attached hydrogens (tertiary/aromatic N) is 1. The Hall–Kier alpha value is -2.86. The molecule has 1 saturated heterocycles. The van der Waals surface area contributed by atoms with Crippen LogP contribution in [0.1, 0.15) is 28.8 Å². The molecule has 0 aliphatic carbocycles. The van der Waals surface area contributed by atoms with Gasteiger partial charge in [-0.05, 0) is 61.3 Å². The fourth-order valence-electron chi connectivity index (χ4n) is 3.33. The van der Waals surface area contributed by atoms with Crippen molar-refractivity contribution in [3.8, 4) is 5.75 Å². The van der Waals surface area contributed by atoms with Gasteiger partial charge in [0, 0.05) is 24.3 Å². The number of rotatable bonds is 6. The van der Waals surface area contributed by atoms with Gasteiger partial charge in [-0.1, -0.05) is 12.1 Å². The van der Waals surface area contributed by atoms with Crippen LogP contribution in [0, 0.1) is 5.92 Å². The lowest BCUT2D eigenvalue weighted by atomic mass is 9.97. The maximum Gasteiger partial charge on any atom is 0.255 e. The first-order valence-electron chi connectivity index (χ1n) is 9.11. The molecule has 0 spiro atoms. The molecule has 1 aliphatic rings. The Bertz CT molecular complexity index is 787. The minimum atomic E-state index is -0.217. The molecule has 3 N–H and O–H groups in total. The first kappa shape index (κ1) is 18.9. The summed E-state index contributed by atoms with van der Waals surface area (Å²) in [5, 5.41) is 2.87. The number of ether oxygens (including phenoxy) is 1. The van der Waals surface area contributed by atoms with Gasteiger partial charge in [0.25, 0.3) is 5.91 Å². The van der Waals surface area contributed by atoms with E-state index < -0.39 is 0 Å². The van der Waals surface area contributed by atoms with Crippen molar-refractivity contribution in [2.45, 2.75) is 19.4 Å². The molecule has 2 aromatic rings. The van der Waals surface area contributed by atoms with Gasteiger partial charge in [-0.25, -0.2) is 0 Å². The number of methoxy groups -OCH3 is 1. The molecule has 1 unspecified atom stereocenters. The Morgan fingerprint density at radius 1 is 1.15 bits per heavy atom. The number of nitrogens with two attached hydrogens (primary N) is 1. The van der Waals surface area contributed by atoms with Crippen LogP contribution in [-0.4, -0.2) is 36.9 Å². The Morgan fingerprint density at radius 2 is 1.85 bits per heavy atom. The molecule has 0 aromatic heterocycles. The van der Waals surface area contributed by atoms with E-state index in [1.54, 1.807) is 31.4 Å². The van der Waals surface area contributed by atoms with Gasteiger partial charge in [0.15, 0.2) is 0 Å². The molecule has 1 heterocycles. The molecule has 3 rings (SSSR count). The molecule has 1 aliphatic heterocycles. The number of hydrogen-bond acceptors (Lipinski definition) is 4. The predicted molar refractivity (Wildman–Crippen MR) is 105 cm³/mol. The topological polar surface area (TPSA) is 84.7 Å². The second kappa shape index (κ2) is 8.68. The minimum Gasteiger partial charge on any atom is -0.497 e. The molecule has 6 heteroatoms. The average Bonchev–Trinajstić information content (AvgIpc) is 2.69. The van der Waals surface area contributed by atoms with Crippen LogP contribution in [0.15, 0.2) is 48.5 Å². The van der Waals surface area contributed by atoms with Crippen LogP contribution in [0.4, 0.5) is 5.69 Å². The zero-order valence-corrected chi connectivity index (χ0v) is 15.5. The molecule has 0 saturated carbocycles. The van der Waals surface area contributed by atoms with Crippen molar-refractivity contribution in [2.75, 3.05) is 25.5 Å². The second-order valence-corrected chi connectivity index (χ2v) is 6.86. The predicted octanol–water partition coefficient (Wildman–Crippen LogP) is 2.64. The van der Waals surface area contributed by atoms with E-state index in [9.17, 15) is 9.59 Å². The molecule has 2 aromatic carbocycles. The van der Waals surface area contributed by atoms with Gasteiger partial charge in [-0.2, -0.15) is 0 Å². The van der Waals surface area contributed by atoms with Gasteiger partial charge in [0.1, 0.15) is 5.75 Å². The highest BCUT2D eigenvalue weighted by molar-refractivity contribution is 6.04. The van der Waals surface area contributed by atoms with Crippen LogP contribution in [0.2, 0.25) is 0 Å². The molecule has 27 heavy (non-hydrogen) atoms. The van der Waals surface area contributed by atoms with E-state index in [-0.39, 0.29) is 17.7 Å². The number of likely N-dealkylation sites (tertiary alicyclic amines) is 1. The maximum absolute atomic E-state index is 12.4. The molecular formula is C21H25N3O3. The maximum atomic E-state index is 12.4. The zero-order valence-electron chi connectivity index (χ0n) is 15.5. The smallest absolute Gasteiger partial charge is 0.255 e. The minimum absolute atomic E-state index is 0.0618. The molecule has 142 valence electrons. The van der Waals surface area contributed by atoms with Crippen LogP contribution in [0.3, 0.4) is 0 Å². The van der Waals surface area contributed by atoms with Crippen molar-refractivity contribution < 1.29 is 14.3 Å². The number of carbonyl (C=O) groups is 2. The molecule has 2 amide bonds. The van der Waals surface area contributed by atoms with Gasteiger partial charge in [0.05, 0.1) is 13.0 Å². The molecule has 1 fully saturated rings. The van der Waals surface area contributed by atoms with Crippen molar-refractivity contribution >= 4 is 17.5 Å². The lowest BCUT2D eigenvalue weighted by Crippen LogP contribution is -2.40. The molecular weight excluding hydrogens is 342 g/mol. The highest BCUT2D eigenvalue weighted by Gasteiger charge is 2.23. The summed E-state index contributed by atoms with van der Waals surface area (Å²) >= 11 is 0. The molecule has 1 atom stereocenters. The lowest BCUT2D eigenvalue weighted by molar-refractivity contribution is -0.123. The molecule has 0 radical (unpaired) electrons. The van der Waals surface area contributed by atoms with Crippen LogP contribution in [-0.2, 0) is 11.3 Å². The van der Waals surface area contributed by atoms with Crippen molar-refractivity contribution in [1.29, 1.82) is 0 Å². The summed E-state index contributed by atoms with van der Waals surface area (Å²) in [7, 11) is 1.60. The SMILES string of the molecule is COc1ccc(NC(=O)c2ccc(CN3CCCC(C(N)=O)C3)cc2)cc1. The van der Waals surface area contributed by atoms with Crippen LogP contribution < -0.4 is 15.8 Å². The number of benzene rings is 2. The summed E-state index contributed by atoms with van der Waals surface area (Å²) in [4.78, 5) is 26.0. The van der Waals surface area contributed by atoms with Crippen LogP contribution in [0.25, 0.3) is 0 Å².